The van der Waals surface area contributed by atoms with Gasteiger partial charge in [0.05, 0.1) is 18.2 Å². The van der Waals surface area contributed by atoms with E-state index in [9.17, 15) is 4.79 Å². The number of carbonyl (C=O) groups is 1. The molecule has 1 fully saturated rings. The first-order chi connectivity index (χ1) is 15.3. The number of nitrogens with zero attached hydrogens (tertiary/aromatic N) is 1. The van der Waals surface area contributed by atoms with Crippen LogP contribution in [-0.4, -0.2) is 24.3 Å². The van der Waals surface area contributed by atoms with Crippen molar-refractivity contribution < 1.29 is 9.53 Å². The van der Waals surface area contributed by atoms with E-state index in [1.165, 1.54) is 11.1 Å². The van der Waals surface area contributed by atoms with Gasteiger partial charge in [0, 0.05) is 12.6 Å². The topological polar surface area (TPSA) is 50.7 Å². The Morgan fingerprint density at radius 2 is 1.81 bits per heavy atom. The lowest BCUT2D eigenvalue weighted by Crippen LogP contribution is -2.41. The van der Waals surface area contributed by atoms with E-state index in [0.29, 0.717) is 13.0 Å². The number of amides is 1. The molecule has 1 N–H and O–H groups in total. The van der Waals surface area contributed by atoms with Crippen molar-refractivity contribution in [2.45, 2.75) is 57.7 Å². The summed E-state index contributed by atoms with van der Waals surface area (Å²) in [5.74, 6) is 0.0625. The fourth-order valence-corrected chi connectivity index (χ4v) is 3.92. The monoisotopic (exact) mass is 432 g/mol. The lowest BCUT2D eigenvalue weighted by Gasteiger charge is -2.30. The van der Waals surface area contributed by atoms with Crippen molar-refractivity contribution in [2.24, 2.45) is 4.99 Å². The molecule has 3 atom stereocenters. The Labute approximate surface area is 193 Å². The van der Waals surface area contributed by atoms with Crippen LogP contribution in [0.5, 0.6) is 0 Å². The average molecular weight is 433 g/mol. The standard InChI is InChI=1S/C26H32N2O2.C2H4/c1-6-26(23-10-8-7-9-11-23,27-17-25(5)13-12-24(29)28-25)18-30-21(4)22-15-19(2)14-20(3)16-22;1-2/h6-11,14-17,21H,1,12-13,18H2,2-5H3,(H,28,29);1-2H2/t21-,25+,26-;/m1./s1. The summed E-state index contributed by atoms with van der Waals surface area (Å²) in [6.07, 6.45) is 4.88. The number of rotatable bonds is 8. The Bertz CT molecular complexity index is 933. The molecule has 170 valence electrons. The van der Waals surface area contributed by atoms with Crippen molar-refractivity contribution in [1.82, 2.24) is 5.32 Å². The van der Waals surface area contributed by atoms with Crippen LogP contribution in [0.3, 0.4) is 0 Å². The van der Waals surface area contributed by atoms with Crippen LogP contribution in [0.1, 0.15) is 55.0 Å². The fraction of sp³-hybridized carbons (Fsp3) is 0.357. The molecule has 0 aromatic heterocycles. The second-order valence-corrected chi connectivity index (χ2v) is 8.59. The average Bonchev–Trinajstić information content (AvgIpc) is 3.14. The molecule has 4 nitrogen and oxygen atoms in total. The highest BCUT2D eigenvalue weighted by atomic mass is 16.5. The zero-order valence-corrected chi connectivity index (χ0v) is 19.9. The maximum Gasteiger partial charge on any atom is 0.220 e. The van der Waals surface area contributed by atoms with Crippen molar-refractivity contribution in [3.8, 4) is 0 Å². The molecule has 1 amide bonds. The van der Waals surface area contributed by atoms with Gasteiger partial charge >= 0.3 is 0 Å². The summed E-state index contributed by atoms with van der Waals surface area (Å²) in [4.78, 5) is 16.7. The molecule has 1 aliphatic heterocycles. The van der Waals surface area contributed by atoms with Gasteiger partial charge in [-0.1, -0.05) is 65.7 Å². The van der Waals surface area contributed by atoms with E-state index in [4.69, 9.17) is 9.73 Å². The van der Waals surface area contributed by atoms with E-state index < -0.39 is 11.1 Å². The van der Waals surface area contributed by atoms with Crippen LogP contribution in [0, 0.1) is 13.8 Å². The molecule has 0 radical (unpaired) electrons. The molecule has 4 heteroatoms. The van der Waals surface area contributed by atoms with E-state index in [1.807, 2.05) is 49.5 Å². The van der Waals surface area contributed by atoms with Crippen LogP contribution in [0.25, 0.3) is 0 Å². The fourth-order valence-electron chi connectivity index (χ4n) is 3.92. The first-order valence-corrected chi connectivity index (χ1v) is 11.0. The van der Waals surface area contributed by atoms with Crippen molar-refractivity contribution in [3.05, 3.63) is 96.6 Å². The van der Waals surface area contributed by atoms with E-state index in [0.717, 1.165) is 17.5 Å². The highest BCUT2D eigenvalue weighted by Gasteiger charge is 2.34. The van der Waals surface area contributed by atoms with Gasteiger partial charge in [-0.15, -0.1) is 19.7 Å². The van der Waals surface area contributed by atoms with Crippen molar-refractivity contribution in [2.75, 3.05) is 6.61 Å². The predicted octanol–water partition coefficient (Wildman–Crippen LogP) is 6.00. The molecule has 0 bridgehead atoms. The Morgan fingerprint density at radius 1 is 1.19 bits per heavy atom. The number of carbonyl (C=O) groups excluding carboxylic acids is 1. The summed E-state index contributed by atoms with van der Waals surface area (Å²) in [7, 11) is 0. The van der Waals surface area contributed by atoms with Gasteiger partial charge in [0.15, 0.2) is 0 Å². The summed E-state index contributed by atoms with van der Waals surface area (Å²) in [5.41, 5.74) is 3.43. The molecule has 1 heterocycles. The Kier molecular flexibility index (Phi) is 8.73. The number of benzene rings is 2. The van der Waals surface area contributed by atoms with E-state index in [1.54, 1.807) is 0 Å². The molecule has 1 aliphatic rings. The highest BCUT2D eigenvalue weighted by Crippen LogP contribution is 2.31. The number of hydrogen-bond donors (Lipinski definition) is 1. The van der Waals surface area contributed by atoms with Crippen molar-refractivity contribution in [3.63, 3.8) is 0 Å². The zero-order chi connectivity index (χ0) is 23.8. The normalized spacial score (nSPS) is 20.7. The number of ether oxygens (including phenoxy) is 1. The van der Waals surface area contributed by atoms with E-state index >= 15 is 0 Å². The van der Waals surface area contributed by atoms with Gasteiger partial charge in [0.25, 0.3) is 0 Å². The van der Waals surface area contributed by atoms with Gasteiger partial charge in [0.1, 0.15) is 5.54 Å². The number of hydrogen-bond acceptors (Lipinski definition) is 3. The molecular formula is C28H36N2O2. The van der Waals surface area contributed by atoms with E-state index in [2.05, 4.69) is 64.0 Å². The smallest absolute Gasteiger partial charge is 0.220 e. The Morgan fingerprint density at radius 3 is 2.34 bits per heavy atom. The molecule has 0 saturated carbocycles. The third-order valence-corrected chi connectivity index (χ3v) is 5.75. The van der Waals surface area contributed by atoms with Gasteiger partial charge in [0.2, 0.25) is 5.91 Å². The summed E-state index contributed by atoms with van der Waals surface area (Å²) >= 11 is 0. The van der Waals surface area contributed by atoms with Crippen LogP contribution in [0.15, 0.2) is 79.3 Å². The lowest BCUT2D eigenvalue weighted by molar-refractivity contribution is -0.119. The minimum absolute atomic E-state index is 0.0625. The number of aliphatic imine (C=N–C) groups is 1. The molecule has 2 aromatic rings. The summed E-state index contributed by atoms with van der Waals surface area (Å²) in [6.45, 7) is 18.7. The quantitative estimate of drug-likeness (QED) is 0.410. The first kappa shape index (κ1) is 25.3. The van der Waals surface area contributed by atoms with Crippen LogP contribution < -0.4 is 5.32 Å². The summed E-state index contributed by atoms with van der Waals surface area (Å²) in [5, 5.41) is 3.02. The molecule has 32 heavy (non-hydrogen) atoms. The lowest BCUT2D eigenvalue weighted by atomic mass is 9.90. The van der Waals surface area contributed by atoms with Gasteiger partial charge in [-0.25, -0.2) is 0 Å². The third-order valence-electron chi connectivity index (χ3n) is 5.75. The summed E-state index contributed by atoms with van der Waals surface area (Å²) < 4.78 is 6.35. The molecule has 2 aromatic carbocycles. The summed E-state index contributed by atoms with van der Waals surface area (Å²) in [6, 6.07) is 16.5. The molecular weight excluding hydrogens is 396 g/mol. The Balaban J connectivity index is 0.00000176. The van der Waals surface area contributed by atoms with Gasteiger partial charge in [-0.3, -0.25) is 9.79 Å². The minimum Gasteiger partial charge on any atom is -0.371 e. The van der Waals surface area contributed by atoms with E-state index in [-0.39, 0.29) is 12.0 Å². The van der Waals surface area contributed by atoms with Crippen molar-refractivity contribution >= 4 is 12.1 Å². The van der Waals surface area contributed by atoms with Crippen LogP contribution in [-0.2, 0) is 15.1 Å². The second-order valence-electron chi connectivity index (χ2n) is 8.59. The number of nitrogens with one attached hydrogen (secondary N) is 1. The Hall–Kier alpha value is -2.98. The van der Waals surface area contributed by atoms with Crippen LogP contribution in [0.4, 0.5) is 0 Å². The predicted molar refractivity (Wildman–Crippen MR) is 134 cm³/mol. The SMILES string of the molecule is C=C.C=C[C@](CO[C@H](C)c1cc(C)cc(C)c1)(N=C[C@]1(C)CCC(=O)N1)c1ccccc1. The molecule has 1 saturated heterocycles. The van der Waals surface area contributed by atoms with Crippen molar-refractivity contribution in [1.29, 1.82) is 0 Å². The minimum atomic E-state index is -0.731. The molecule has 0 aliphatic carbocycles. The number of aryl methyl sites for hydroxylation is 2. The maximum absolute atomic E-state index is 11.7. The van der Waals surface area contributed by atoms with Crippen LogP contribution in [0.2, 0.25) is 0 Å². The van der Waals surface area contributed by atoms with Gasteiger partial charge in [-0.05, 0) is 45.2 Å². The largest absolute Gasteiger partial charge is 0.371 e. The molecule has 3 rings (SSSR count). The molecule has 0 spiro atoms. The van der Waals surface area contributed by atoms with Gasteiger partial charge < -0.3 is 10.1 Å². The zero-order valence-electron chi connectivity index (χ0n) is 19.9. The first-order valence-electron chi connectivity index (χ1n) is 11.0. The third kappa shape index (κ3) is 6.27. The highest BCUT2D eigenvalue weighted by molar-refractivity contribution is 5.87. The second kappa shape index (κ2) is 11.1. The van der Waals surface area contributed by atoms with Crippen LogP contribution >= 0.6 is 0 Å². The van der Waals surface area contributed by atoms with Gasteiger partial charge in [-0.2, -0.15) is 0 Å². The molecule has 0 unspecified atom stereocenters. The maximum atomic E-state index is 11.7.